The fourth-order valence-corrected chi connectivity index (χ4v) is 4.90. The number of ether oxygens (including phenoxy) is 7. The molecule has 0 saturated carbocycles. The van der Waals surface area contributed by atoms with Gasteiger partial charge in [0, 0.05) is 37.6 Å². The van der Waals surface area contributed by atoms with Crippen molar-refractivity contribution in [1.29, 1.82) is 0 Å². The summed E-state index contributed by atoms with van der Waals surface area (Å²) in [5.41, 5.74) is 3.27. The van der Waals surface area contributed by atoms with E-state index in [1.54, 1.807) is 12.0 Å². The molecular formula is C38H53N3O10. The van der Waals surface area contributed by atoms with Gasteiger partial charge in [0.1, 0.15) is 6.04 Å². The van der Waals surface area contributed by atoms with E-state index in [0.717, 1.165) is 16.7 Å². The molecule has 2 N–H and O–H groups in total. The van der Waals surface area contributed by atoms with Crippen LogP contribution in [0.5, 0.6) is 0 Å². The van der Waals surface area contributed by atoms with Crippen molar-refractivity contribution in [1.82, 2.24) is 10.6 Å². The molecule has 0 spiro atoms. The minimum atomic E-state index is -0.712. The highest BCUT2D eigenvalue weighted by Crippen LogP contribution is 2.26. The zero-order valence-corrected chi connectivity index (χ0v) is 30.0. The number of rotatable bonds is 27. The van der Waals surface area contributed by atoms with E-state index in [1.807, 2.05) is 55.5 Å². The lowest BCUT2D eigenvalue weighted by atomic mass is 10.0. The Kier molecular flexibility index (Phi) is 21.2. The van der Waals surface area contributed by atoms with Crippen molar-refractivity contribution in [2.45, 2.75) is 38.8 Å². The molecule has 1 aliphatic heterocycles. The Bertz CT molecular complexity index is 1380. The molecule has 1 aliphatic rings. The minimum absolute atomic E-state index is 0.00624. The van der Waals surface area contributed by atoms with Gasteiger partial charge in [0.2, 0.25) is 17.7 Å². The number of hydrogen-bond acceptors (Lipinski definition) is 10. The normalized spacial score (nSPS) is 12.5. The summed E-state index contributed by atoms with van der Waals surface area (Å²) in [6, 6.07) is 14.5. The van der Waals surface area contributed by atoms with Crippen LogP contribution in [0.2, 0.25) is 0 Å². The molecule has 0 radical (unpaired) electrons. The highest BCUT2D eigenvalue weighted by atomic mass is 16.6. The first-order valence-electron chi connectivity index (χ1n) is 17.5. The predicted octanol–water partition coefficient (Wildman–Crippen LogP) is 2.47. The quantitative estimate of drug-likeness (QED) is 0.105. The summed E-state index contributed by atoms with van der Waals surface area (Å²) < 4.78 is 37.5. The summed E-state index contributed by atoms with van der Waals surface area (Å²) in [5, 5.41) is 5.55. The van der Waals surface area contributed by atoms with Crippen molar-refractivity contribution in [3.05, 3.63) is 65.2 Å². The maximum absolute atomic E-state index is 13.4. The van der Waals surface area contributed by atoms with Crippen molar-refractivity contribution in [3.8, 4) is 11.8 Å². The van der Waals surface area contributed by atoms with Crippen LogP contribution in [0.15, 0.2) is 48.5 Å². The Hall–Kier alpha value is -3.87. The standard InChI is InChI=1S/C38H53N3O10/c1-3-34(38(44)39-16-17-46-20-21-48-24-25-50-28-29-51-27-26-49-23-22-47-19-18-45-2)40-36(42)14-15-37(43)41-30-33-10-5-4-8-31(33)12-13-32-9-6-7-11-35(32)41/h4-11,34H,3,14-30H2,1-2H3,(H,39,44)(H,40,42)/t34-/m0/s1. The van der Waals surface area contributed by atoms with Gasteiger partial charge in [-0.3, -0.25) is 14.4 Å². The topological polar surface area (TPSA) is 143 Å². The second kappa shape index (κ2) is 26.0. The van der Waals surface area contributed by atoms with Gasteiger partial charge in [-0.15, -0.1) is 0 Å². The Morgan fingerprint density at radius 1 is 0.686 bits per heavy atom. The minimum Gasteiger partial charge on any atom is -0.382 e. The van der Waals surface area contributed by atoms with Gasteiger partial charge >= 0.3 is 0 Å². The van der Waals surface area contributed by atoms with E-state index < -0.39 is 6.04 Å². The maximum atomic E-state index is 13.4. The predicted molar refractivity (Wildman–Crippen MR) is 191 cm³/mol. The summed E-state index contributed by atoms with van der Waals surface area (Å²) in [7, 11) is 1.63. The van der Waals surface area contributed by atoms with Crippen LogP contribution in [-0.2, 0) is 54.1 Å². The third-order valence-corrected chi connectivity index (χ3v) is 7.64. The molecule has 0 unspecified atom stereocenters. The van der Waals surface area contributed by atoms with E-state index in [-0.39, 0.29) is 30.6 Å². The van der Waals surface area contributed by atoms with Gasteiger partial charge in [-0.2, -0.15) is 0 Å². The lowest BCUT2D eigenvalue weighted by Gasteiger charge is -2.26. The first-order chi connectivity index (χ1) is 25.0. The average Bonchev–Trinajstić information content (AvgIpc) is 3.14. The summed E-state index contributed by atoms with van der Waals surface area (Å²) >= 11 is 0. The highest BCUT2D eigenvalue weighted by molar-refractivity contribution is 5.97. The number of carbonyl (C=O) groups is 3. The molecule has 1 heterocycles. The van der Waals surface area contributed by atoms with E-state index in [9.17, 15) is 14.4 Å². The molecule has 13 nitrogen and oxygen atoms in total. The number of carbonyl (C=O) groups excluding carboxylic acids is 3. The summed E-state index contributed by atoms with van der Waals surface area (Å²) in [6.07, 6.45) is 0.358. The van der Waals surface area contributed by atoms with Gasteiger partial charge in [0.15, 0.2) is 0 Å². The molecule has 1 atom stereocenters. The Labute approximate surface area is 301 Å². The van der Waals surface area contributed by atoms with E-state index in [0.29, 0.717) is 111 Å². The van der Waals surface area contributed by atoms with Gasteiger partial charge in [-0.05, 0) is 30.2 Å². The molecule has 0 aliphatic carbocycles. The van der Waals surface area contributed by atoms with Crippen LogP contribution in [0.4, 0.5) is 5.69 Å². The van der Waals surface area contributed by atoms with Gasteiger partial charge in [0.05, 0.1) is 98.1 Å². The molecule has 3 amide bonds. The van der Waals surface area contributed by atoms with Gasteiger partial charge in [-0.25, -0.2) is 0 Å². The molecule has 0 fully saturated rings. The lowest BCUT2D eigenvalue weighted by Crippen LogP contribution is -2.47. The van der Waals surface area contributed by atoms with Crippen LogP contribution in [-0.4, -0.2) is 123 Å². The number of anilines is 1. The van der Waals surface area contributed by atoms with Crippen molar-refractivity contribution >= 4 is 23.4 Å². The number of hydrogen-bond donors (Lipinski definition) is 2. The Morgan fingerprint density at radius 3 is 1.78 bits per heavy atom. The molecule has 51 heavy (non-hydrogen) atoms. The molecule has 0 bridgehead atoms. The van der Waals surface area contributed by atoms with E-state index >= 15 is 0 Å². The third kappa shape index (κ3) is 16.8. The molecule has 0 aromatic heterocycles. The van der Waals surface area contributed by atoms with Gasteiger partial charge in [0.25, 0.3) is 0 Å². The van der Waals surface area contributed by atoms with Crippen molar-refractivity contribution in [2.75, 3.05) is 104 Å². The fourth-order valence-electron chi connectivity index (χ4n) is 4.90. The number of nitrogens with one attached hydrogen (secondary N) is 2. The zero-order chi connectivity index (χ0) is 36.4. The molecule has 2 aromatic rings. The number of nitrogens with zero attached hydrogens (tertiary/aromatic N) is 1. The Balaban J connectivity index is 1.19. The van der Waals surface area contributed by atoms with E-state index in [2.05, 4.69) is 22.5 Å². The van der Waals surface area contributed by atoms with Crippen LogP contribution >= 0.6 is 0 Å². The summed E-state index contributed by atoms with van der Waals surface area (Å²) in [4.78, 5) is 40.6. The monoisotopic (exact) mass is 711 g/mol. The smallest absolute Gasteiger partial charge is 0.242 e. The molecular weight excluding hydrogens is 658 g/mol. The molecule has 2 aromatic carbocycles. The van der Waals surface area contributed by atoms with Crippen molar-refractivity contribution in [3.63, 3.8) is 0 Å². The molecule has 3 rings (SSSR count). The van der Waals surface area contributed by atoms with Crippen LogP contribution in [0, 0.1) is 11.8 Å². The van der Waals surface area contributed by atoms with Crippen LogP contribution in [0.1, 0.15) is 42.9 Å². The SMILES string of the molecule is CC[C@H](NC(=O)CCC(=O)N1Cc2ccccc2C#Cc2ccccc21)C(=O)NCCOCCOCCOCCOCCOCCOCCOC. The average molecular weight is 712 g/mol. The second-order valence-corrected chi connectivity index (χ2v) is 11.4. The first-order valence-corrected chi connectivity index (χ1v) is 17.5. The van der Waals surface area contributed by atoms with Crippen LogP contribution in [0.3, 0.4) is 0 Å². The summed E-state index contributed by atoms with van der Waals surface area (Å²) in [5.74, 6) is 5.51. The van der Waals surface area contributed by atoms with Gasteiger partial charge < -0.3 is 48.7 Å². The van der Waals surface area contributed by atoms with E-state index in [4.69, 9.17) is 33.2 Å². The van der Waals surface area contributed by atoms with Gasteiger partial charge in [-0.1, -0.05) is 49.1 Å². The third-order valence-electron chi connectivity index (χ3n) is 7.64. The highest BCUT2D eigenvalue weighted by Gasteiger charge is 2.23. The maximum Gasteiger partial charge on any atom is 0.242 e. The van der Waals surface area contributed by atoms with Crippen molar-refractivity contribution in [2.24, 2.45) is 0 Å². The van der Waals surface area contributed by atoms with Crippen molar-refractivity contribution < 1.29 is 47.5 Å². The lowest BCUT2D eigenvalue weighted by molar-refractivity contribution is -0.130. The number of benzene rings is 2. The Morgan fingerprint density at radius 2 is 1.20 bits per heavy atom. The number of para-hydroxylation sites is 1. The first kappa shape index (κ1) is 41.5. The number of fused-ring (bicyclic) bond motifs is 2. The molecule has 13 heteroatoms. The largest absolute Gasteiger partial charge is 0.382 e. The summed E-state index contributed by atoms with van der Waals surface area (Å²) in [6.45, 7) is 8.55. The van der Waals surface area contributed by atoms with Crippen LogP contribution in [0.25, 0.3) is 0 Å². The number of methoxy groups -OCH3 is 1. The second-order valence-electron chi connectivity index (χ2n) is 11.4. The number of amides is 3. The fraction of sp³-hybridized carbons (Fsp3) is 0.553. The van der Waals surface area contributed by atoms with E-state index in [1.165, 1.54) is 0 Å². The molecule has 280 valence electrons. The molecule has 0 saturated heterocycles. The van der Waals surface area contributed by atoms with Crippen LogP contribution < -0.4 is 15.5 Å². The zero-order valence-electron chi connectivity index (χ0n) is 30.0.